The maximum absolute atomic E-state index is 12.8. The minimum atomic E-state index is -0.852. The SMILES string of the molecule is O=C(N[C@H](C(=O)Nc1ccn[nH]1)c1ccccc1)c1ccc2c(n1)CCCC2. The zero-order chi connectivity index (χ0) is 19.3. The van der Waals surface area contributed by atoms with Crippen LogP contribution in [0.5, 0.6) is 0 Å². The number of rotatable bonds is 5. The van der Waals surface area contributed by atoms with Crippen molar-refractivity contribution >= 4 is 17.6 Å². The van der Waals surface area contributed by atoms with Gasteiger partial charge in [-0.3, -0.25) is 14.7 Å². The largest absolute Gasteiger partial charge is 0.335 e. The van der Waals surface area contributed by atoms with E-state index in [2.05, 4.69) is 25.8 Å². The highest BCUT2D eigenvalue weighted by molar-refractivity contribution is 6.00. The van der Waals surface area contributed by atoms with Gasteiger partial charge >= 0.3 is 0 Å². The Morgan fingerprint density at radius 2 is 1.82 bits per heavy atom. The quantitative estimate of drug-likeness (QED) is 0.638. The number of fused-ring (bicyclic) bond motifs is 1. The lowest BCUT2D eigenvalue weighted by atomic mass is 9.96. The lowest BCUT2D eigenvalue weighted by Crippen LogP contribution is -2.37. The van der Waals surface area contributed by atoms with Gasteiger partial charge in [-0.05, 0) is 42.9 Å². The number of hydrogen-bond donors (Lipinski definition) is 3. The van der Waals surface area contributed by atoms with E-state index in [1.807, 2.05) is 24.3 Å². The van der Waals surface area contributed by atoms with E-state index in [9.17, 15) is 9.59 Å². The first-order chi connectivity index (χ1) is 13.7. The third kappa shape index (κ3) is 3.93. The van der Waals surface area contributed by atoms with Crippen LogP contribution in [0.3, 0.4) is 0 Å². The van der Waals surface area contributed by atoms with E-state index < -0.39 is 6.04 Å². The minimum Gasteiger partial charge on any atom is -0.335 e. The first kappa shape index (κ1) is 17.9. The molecule has 7 nitrogen and oxygen atoms in total. The van der Waals surface area contributed by atoms with Crippen LogP contribution in [0.4, 0.5) is 5.82 Å². The smallest absolute Gasteiger partial charge is 0.270 e. The Bertz CT molecular complexity index is 970. The molecule has 7 heteroatoms. The van der Waals surface area contributed by atoms with Crippen LogP contribution in [0.2, 0.25) is 0 Å². The van der Waals surface area contributed by atoms with E-state index in [4.69, 9.17) is 0 Å². The molecule has 0 spiro atoms. The lowest BCUT2D eigenvalue weighted by molar-refractivity contribution is -0.118. The lowest BCUT2D eigenvalue weighted by Gasteiger charge is -2.19. The zero-order valence-corrected chi connectivity index (χ0v) is 15.3. The van der Waals surface area contributed by atoms with Crippen molar-refractivity contribution in [2.75, 3.05) is 5.32 Å². The fourth-order valence-electron chi connectivity index (χ4n) is 3.39. The van der Waals surface area contributed by atoms with Gasteiger partial charge in [-0.2, -0.15) is 5.10 Å². The van der Waals surface area contributed by atoms with E-state index in [0.29, 0.717) is 17.1 Å². The maximum atomic E-state index is 12.8. The third-order valence-electron chi connectivity index (χ3n) is 4.84. The second-order valence-electron chi connectivity index (χ2n) is 6.79. The van der Waals surface area contributed by atoms with Crippen LogP contribution in [0.25, 0.3) is 0 Å². The first-order valence-corrected chi connectivity index (χ1v) is 9.35. The summed E-state index contributed by atoms with van der Waals surface area (Å²) in [5.74, 6) is -0.268. The molecule has 4 rings (SSSR count). The molecule has 1 atom stereocenters. The van der Waals surface area contributed by atoms with Crippen LogP contribution in [0.1, 0.15) is 46.2 Å². The number of carbonyl (C=O) groups is 2. The van der Waals surface area contributed by atoms with Crippen molar-refractivity contribution in [3.8, 4) is 0 Å². The van der Waals surface area contributed by atoms with Gasteiger partial charge in [-0.1, -0.05) is 36.4 Å². The molecule has 0 bridgehead atoms. The van der Waals surface area contributed by atoms with Crippen LogP contribution < -0.4 is 10.6 Å². The van der Waals surface area contributed by atoms with Gasteiger partial charge in [0.1, 0.15) is 17.6 Å². The molecule has 142 valence electrons. The van der Waals surface area contributed by atoms with E-state index in [0.717, 1.165) is 31.4 Å². The summed E-state index contributed by atoms with van der Waals surface area (Å²) in [5.41, 5.74) is 3.21. The van der Waals surface area contributed by atoms with Crippen LogP contribution in [0, 0.1) is 0 Å². The van der Waals surface area contributed by atoms with E-state index in [-0.39, 0.29) is 11.8 Å². The molecular formula is C21H21N5O2. The second kappa shape index (κ2) is 8.04. The molecule has 2 amide bonds. The number of anilines is 1. The highest BCUT2D eigenvalue weighted by Crippen LogP contribution is 2.20. The Morgan fingerprint density at radius 3 is 2.61 bits per heavy atom. The number of nitrogens with one attached hydrogen (secondary N) is 3. The Hall–Kier alpha value is -3.48. The van der Waals surface area contributed by atoms with Crippen LogP contribution in [0.15, 0.2) is 54.7 Å². The van der Waals surface area contributed by atoms with Gasteiger partial charge in [0.05, 0.1) is 6.20 Å². The fourth-order valence-corrected chi connectivity index (χ4v) is 3.39. The summed E-state index contributed by atoms with van der Waals surface area (Å²) in [6.45, 7) is 0. The summed E-state index contributed by atoms with van der Waals surface area (Å²) < 4.78 is 0. The van der Waals surface area contributed by atoms with E-state index >= 15 is 0 Å². The Balaban J connectivity index is 1.56. The molecule has 3 N–H and O–H groups in total. The van der Waals surface area contributed by atoms with Gasteiger partial charge in [-0.15, -0.1) is 0 Å². The Kier molecular flexibility index (Phi) is 5.14. The minimum absolute atomic E-state index is 0.330. The topological polar surface area (TPSA) is 99.8 Å². The molecule has 0 aliphatic heterocycles. The second-order valence-corrected chi connectivity index (χ2v) is 6.79. The average Bonchev–Trinajstić information content (AvgIpc) is 3.25. The summed E-state index contributed by atoms with van der Waals surface area (Å²) in [6, 6.07) is 13.6. The maximum Gasteiger partial charge on any atom is 0.270 e. The molecule has 2 heterocycles. The van der Waals surface area contributed by atoms with Crippen LogP contribution in [-0.4, -0.2) is 27.0 Å². The van der Waals surface area contributed by atoms with Crippen LogP contribution >= 0.6 is 0 Å². The number of H-pyrrole nitrogens is 1. The van der Waals surface area contributed by atoms with E-state index in [1.54, 1.807) is 30.5 Å². The molecule has 0 saturated heterocycles. The predicted molar refractivity (Wildman–Crippen MR) is 105 cm³/mol. The normalized spacial score (nSPS) is 14.0. The van der Waals surface area contributed by atoms with Gasteiger partial charge < -0.3 is 10.6 Å². The average molecular weight is 375 g/mol. The van der Waals surface area contributed by atoms with Crippen molar-refractivity contribution in [2.45, 2.75) is 31.7 Å². The van der Waals surface area contributed by atoms with Gasteiger partial charge in [-0.25, -0.2) is 4.98 Å². The zero-order valence-electron chi connectivity index (χ0n) is 15.3. The summed E-state index contributed by atoms with van der Waals surface area (Å²) in [6.07, 6.45) is 5.68. The summed E-state index contributed by atoms with van der Waals surface area (Å²) in [4.78, 5) is 30.2. The third-order valence-corrected chi connectivity index (χ3v) is 4.84. The first-order valence-electron chi connectivity index (χ1n) is 9.35. The number of aryl methyl sites for hydroxylation is 2. The Labute approximate surface area is 162 Å². The number of pyridine rings is 1. The predicted octanol–water partition coefficient (Wildman–Crippen LogP) is 2.79. The van der Waals surface area contributed by atoms with Gasteiger partial charge in [0.2, 0.25) is 0 Å². The van der Waals surface area contributed by atoms with Gasteiger partial charge in [0.15, 0.2) is 0 Å². The number of benzene rings is 1. The molecule has 1 aliphatic carbocycles. The number of amides is 2. The molecule has 28 heavy (non-hydrogen) atoms. The van der Waals surface area contributed by atoms with Crippen molar-refractivity contribution < 1.29 is 9.59 Å². The molecule has 1 aliphatic rings. The number of aromatic amines is 1. The number of aromatic nitrogens is 3. The molecule has 0 saturated carbocycles. The molecule has 3 aromatic rings. The van der Waals surface area contributed by atoms with Crippen molar-refractivity contribution in [1.29, 1.82) is 0 Å². The highest BCUT2D eigenvalue weighted by Gasteiger charge is 2.25. The summed E-state index contributed by atoms with van der Waals surface area (Å²) in [7, 11) is 0. The molecule has 0 unspecified atom stereocenters. The molecule has 1 aromatic carbocycles. The van der Waals surface area contributed by atoms with Crippen LogP contribution in [-0.2, 0) is 17.6 Å². The molecule has 2 aromatic heterocycles. The van der Waals surface area contributed by atoms with Gasteiger partial charge in [0, 0.05) is 11.8 Å². The highest BCUT2D eigenvalue weighted by atomic mass is 16.2. The molecular weight excluding hydrogens is 354 g/mol. The summed E-state index contributed by atoms with van der Waals surface area (Å²) in [5, 5.41) is 12.1. The Morgan fingerprint density at radius 1 is 1.00 bits per heavy atom. The van der Waals surface area contributed by atoms with Crippen molar-refractivity contribution in [2.24, 2.45) is 0 Å². The monoisotopic (exact) mass is 375 g/mol. The van der Waals surface area contributed by atoms with E-state index in [1.165, 1.54) is 5.56 Å². The van der Waals surface area contributed by atoms with Crippen molar-refractivity contribution in [1.82, 2.24) is 20.5 Å². The number of nitrogens with zero attached hydrogens (tertiary/aromatic N) is 2. The van der Waals surface area contributed by atoms with Crippen molar-refractivity contribution in [3.05, 3.63) is 77.2 Å². The summed E-state index contributed by atoms with van der Waals surface area (Å²) >= 11 is 0. The molecule has 0 radical (unpaired) electrons. The number of hydrogen-bond acceptors (Lipinski definition) is 4. The standard InChI is InChI=1S/C21H21N5O2/c27-20(17-11-10-14-6-4-5-9-16(14)23-17)25-19(15-7-2-1-3-8-15)21(28)24-18-12-13-22-26-18/h1-3,7-8,10-13,19H,4-6,9H2,(H,25,27)(H2,22,24,26,28)/t19-/m0/s1. The van der Waals surface area contributed by atoms with Crippen molar-refractivity contribution in [3.63, 3.8) is 0 Å². The number of carbonyl (C=O) groups excluding carboxylic acids is 2. The van der Waals surface area contributed by atoms with Gasteiger partial charge in [0.25, 0.3) is 11.8 Å². The molecule has 0 fully saturated rings. The fraction of sp³-hybridized carbons (Fsp3) is 0.238.